The third kappa shape index (κ3) is 2.44. The second-order valence-corrected chi connectivity index (χ2v) is 5.63. The molecule has 2 heterocycles. The summed E-state index contributed by atoms with van der Waals surface area (Å²) in [5.74, 6) is 3.37. The summed E-state index contributed by atoms with van der Waals surface area (Å²) >= 11 is 2.02. The Bertz CT molecular complexity index is 313. The summed E-state index contributed by atoms with van der Waals surface area (Å²) in [6.45, 7) is 5.42. The van der Waals surface area contributed by atoms with Gasteiger partial charge in [-0.25, -0.2) is 0 Å². The van der Waals surface area contributed by atoms with Gasteiger partial charge in [0.2, 0.25) is 0 Å². The van der Waals surface area contributed by atoms with Crippen LogP contribution in [-0.4, -0.2) is 35.0 Å². The lowest BCUT2D eigenvalue weighted by Crippen LogP contribution is -2.48. The van der Waals surface area contributed by atoms with Gasteiger partial charge in [-0.1, -0.05) is 0 Å². The normalized spacial score (nSPS) is 26.6. The molecule has 90 valence electrons. The highest BCUT2D eigenvalue weighted by molar-refractivity contribution is 7.99. The number of rotatable bonds is 3. The van der Waals surface area contributed by atoms with Crippen molar-refractivity contribution in [3.63, 3.8) is 0 Å². The van der Waals surface area contributed by atoms with E-state index < -0.39 is 0 Å². The summed E-state index contributed by atoms with van der Waals surface area (Å²) in [4.78, 5) is 2.47. The number of hydrogen-bond acceptors (Lipinski definition) is 4. The van der Waals surface area contributed by atoms with Crippen LogP contribution in [0.25, 0.3) is 0 Å². The number of hydrogen-bond donors (Lipinski definition) is 1. The first-order chi connectivity index (χ1) is 7.70. The molecule has 1 aliphatic heterocycles. The Morgan fingerprint density at radius 2 is 2.44 bits per heavy atom. The first-order valence-electron chi connectivity index (χ1n) is 5.82. The summed E-state index contributed by atoms with van der Waals surface area (Å²) in [5.41, 5.74) is 6.11. The Balaban J connectivity index is 2.18. The molecule has 2 rings (SSSR count). The number of thioether (sulfide) groups is 1. The van der Waals surface area contributed by atoms with E-state index in [9.17, 15) is 0 Å². The van der Waals surface area contributed by atoms with Crippen LogP contribution in [0.4, 0.5) is 0 Å². The molecule has 3 nitrogen and oxygen atoms in total. The second kappa shape index (κ2) is 5.25. The van der Waals surface area contributed by atoms with E-state index in [1.165, 1.54) is 11.5 Å². The molecule has 4 heteroatoms. The molecule has 0 aromatic carbocycles. The maximum absolute atomic E-state index is 6.11. The number of nitrogens with two attached hydrogens (primary N) is 1. The van der Waals surface area contributed by atoms with E-state index in [1.54, 1.807) is 6.26 Å². The van der Waals surface area contributed by atoms with Crippen LogP contribution in [0.15, 0.2) is 22.8 Å². The van der Waals surface area contributed by atoms with Gasteiger partial charge in [-0.2, -0.15) is 11.8 Å². The van der Waals surface area contributed by atoms with Crippen molar-refractivity contribution in [1.29, 1.82) is 0 Å². The predicted molar refractivity (Wildman–Crippen MR) is 68.6 cm³/mol. The smallest absolute Gasteiger partial charge is 0.122 e. The molecule has 0 aliphatic carbocycles. The van der Waals surface area contributed by atoms with Crippen LogP contribution in [0.3, 0.4) is 0 Å². The van der Waals surface area contributed by atoms with Gasteiger partial charge in [0, 0.05) is 30.1 Å². The lowest BCUT2D eigenvalue weighted by atomic mass is 10.0. The third-order valence-corrected chi connectivity index (χ3v) is 4.30. The lowest BCUT2D eigenvalue weighted by Gasteiger charge is -2.40. The lowest BCUT2D eigenvalue weighted by molar-refractivity contribution is 0.125. The molecular weight excluding hydrogens is 220 g/mol. The molecular formula is C12H20N2OS. The maximum atomic E-state index is 6.11. The standard InChI is InChI=1S/C12H20N2OS/c1-9-8-16-7-5-14(9)12(10(2)13)11-4-3-6-15-11/h3-4,6,9-10,12H,5,7-8,13H2,1-2H3. The predicted octanol–water partition coefficient (Wildman–Crippen LogP) is 2.11. The van der Waals surface area contributed by atoms with Crippen molar-refractivity contribution < 1.29 is 4.42 Å². The van der Waals surface area contributed by atoms with Gasteiger partial charge in [0.1, 0.15) is 5.76 Å². The van der Waals surface area contributed by atoms with Crippen molar-refractivity contribution in [2.45, 2.75) is 32.0 Å². The zero-order valence-corrected chi connectivity index (χ0v) is 10.7. The monoisotopic (exact) mass is 240 g/mol. The molecule has 0 spiro atoms. The van der Waals surface area contributed by atoms with E-state index in [-0.39, 0.29) is 12.1 Å². The van der Waals surface area contributed by atoms with Crippen molar-refractivity contribution in [2.24, 2.45) is 5.73 Å². The van der Waals surface area contributed by atoms with Crippen LogP contribution in [0.5, 0.6) is 0 Å². The van der Waals surface area contributed by atoms with Crippen LogP contribution in [0.1, 0.15) is 25.6 Å². The summed E-state index contributed by atoms with van der Waals surface area (Å²) < 4.78 is 5.53. The fourth-order valence-corrected chi connectivity index (χ4v) is 3.38. The van der Waals surface area contributed by atoms with E-state index in [1.807, 2.05) is 23.9 Å². The van der Waals surface area contributed by atoms with E-state index >= 15 is 0 Å². The Labute approximate surface area is 101 Å². The topological polar surface area (TPSA) is 42.4 Å². The summed E-state index contributed by atoms with van der Waals surface area (Å²) in [5, 5.41) is 0. The average molecular weight is 240 g/mol. The quantitative estimate of drug-likeness (QED) is 0.878. The molecule has 2 N–H and O–H groups in total. The molecule has 0 bridgehead atoms. The maximum Gasteiger partial charge on any atom is 0.122 e. The molecule has 3 unspecified atom stereocenters. The van der Waals surface area contributed by atoms with Crippen LogP contribution >= 0.6 is 11.8 Å². The minimum atomic E-state index is 0.0942. The van der Waals surface area contributed by atoms with Crippen molar-refractivity contribution in [2.75, 3.05) is 18.1 Å². The summed E-state index contributed by atoms with van der Waals surface area (Å²) in [6.07, 6.45) is 1.73. The van der Waals surface area contributed by atoms with Crippen molar-refractivity contribution in [3.8, 4) is 0 Å². The zero-order valence-electron chi connectivity index (χ0n) is 9.93. The molecule has 0 radical (unpaired) electrons. The van der Waals surface area contributed by atoms with Gasteiger partial charge in [0.15, 0.2) is 0 Å². The molecule has 1 aromatic rings. The minimum Gasteiger partial charge on any atom is -0.468 e. The van der Waals surface area contributed by atoms with Crippen LogP contribution in [0.2, 0.25) is 0 Å². The molecule has 3 atom stereocenters. The fraction of sp³-hybridized carbons (Fsp3) is 0.667. The third-order valence-electron chi connectivity index (χ3n) is 3.11. The molecule has 1 fully saturated rings. The first kappa shape index (κ1) is 12.0. The molecule has 1 saturated heterocycles. The zero-order chi connectivity index (χ0) is 11.5. The first-order valence-corrected chi connectivity index (χ1v) is 6.98. The van der Waals surface area contributed by atoms with Crippen LogP contribution < -0.4 is 5.73 Å². The summed E-state index contributed by atoms with van der Waals surface area (Å²) in [7, 11) is 0. The Kier molecular flexibility index (Phi) is 3.95. The van der Waals surface area contributed by atoms with Gasteiger partial charge in [-0.3, -0.25) is 4.90 Å². The average Bonchev–Trinajstić information content (AvgIpc) is 2.74. The molecule has 1 aliphatic rings. The van der Waals surface area contributed by atoms with E-state index in [0.717, 1.165) is 12.3 Å². The largest absolute Gasteiger partial charge is 0.468 e. The number of nitrogens with zero attached hydrogens (tertiary/aromatic N) is 1. The number of furan rings is 1. The van der Waals surface area contributed by atoms with E-state index in [0.29, 0.717) is 6.04 Å². The highest BCUT2D eigenvalue weighted by Gasteiger charge is 2.31. The van der Waals surface area contributed by atoms with Crippen molar-refractivity contribution in [3.05, 3.63) is 24.2 Å². The van der Waals surface area contributed by atoms with Crippen LogP contribution in [0, 0.1) is 0 Å². The van der Waals surface area contributed by atoms with E-state index in [2.05, 4.69) is 18.7 Å². The Hall–Kier alpha value is -0.450. The van der Waals surface area contributed by atoms with Gasteiger partial charge in [-0.05, 0) is 26.0 Å². The molecule has 16 heavy (non-hydrogen) atoms. The highest BCUT2D eigenvalue weighted by atomic mass is 32.2. The molecule has 0 saturated carbocycles. The Morgan fingerprint density at radius 1 is 1.62 bits per heavy atom. The van der Waals surface area contributed by atoms with E-state index in [4.69, 9.17) is 10.2 Å². The summed E-state index contributed by atoms with van der Waals surface area (Å²) in [6, 6.07) is 4.85. The van der Waals surface area contributed by atoms with Crippen molar-refractivity contribution in [1.82, 2.24) is 4.90 Å². The van der Waals surface area contributed by atoms with Gasteiger partial charge in [-0.15, -0.1) is 0 Å². The van der Waals surface area contributed by atoms with Crippen LogP contribution in [-0.2, 0) is 0 Å². The Morgan fingerprint density at radius 3 is 3.00 bits per heavy atom. The highest BCUT2D eigenvalue weighted by Crippen LogP contribution is 2.29. The van der Waals surface area contributed by atoms with Gasteiger partial charge < -0.3 is 10.2 Å². The SMILES string of the molecule is CC(N)C(c1ccco1)N1CCSCC1C. The van der Waals surface area contributed by atoms with Gasteiger partial charge in [0.05, 0.1) is 12.3 Å². The van der Waals surface area contributed by atoms with Gasteiger partial charge >= 0.3 is 0 Å². The van der Waals surface area contributed by atoms with Crippen molar-refractivity contribution >= 4 is 11.8 Å². The van der Waals surface area contributed by atoms with Gasteiger partial charge in [0.25, 0.3) is 0 Å². The molecule has 1 aromatic heterocycles. The molecule has 0 amide bonds. The fourth-order valence-electron chi connectivity index (χ4n) is 2.34. The second-order valence-electron chi connectivity index (χ2n) is 4.48. The minimum absolute atomic E-state index is 0.0942.